The Hall–Kier alpha value is 0.357. The summed E-state index contributed by atoms with van der Waals surface area (Å²) in [6.45, 7) is -1.60. The first-order chi connectivity index (χ1) is 4.56. The maximum absolute atomic E-state index is 11.1. The Bertz CT molecular complexity index is 169. The Morgan fingerprint density at radius 3 is 2.27 bits per heavy atom. The molecular formula is C3H8FLiO5S. The molecule has 0 aliphatic carbocycles. The predicted octanol–water partition coefficient (Wildman–Crippen LogP) is -0.899. The van der Waals surface area contributed by atoms with Crippen molar-refractivity contribution in [1.82, 2.24) is 0 Å². The quantitative estimate of drug-likeness (QED) is 0.339. The van der Waals surface area contributed by atoms with Crippen LogP contribution >= 0.6 is 0 Å². The van der Waals surface area contributed by atoms with E-state index in [0.717, 1.165) is 0 Å². The third-order valence-electron chi connectivity index (χ3n) is 0.537. The van der Waals surface area contributed by atoms with E-state index < -0.39 is 17.3 Å². The first-order valence-electron chi connectivity index (χ1n) is 2.32. The zero-order chi connectivity index (χ0) is 8.04. The summed E-state index contributed by atoms with van der Waals surface area (Å²) in [4.78, 5) is 0. The van der Waals surface area contributed by atoms with Gasteiger partial charge in [-0.15, -0.1) is 0 Å². The van der Waals surface area contributed by atoms with Crippen LogP contribution in [-0.2, 0) is 19.3 Å². The van der Waals surface area contributed by atoms with Gasteiger partial charge >= 0.3 is 29.3 Å². The number of halogens is 1. The van der Waals surface area contributed by atoms with Gasteiger partial charge in [-0.05, 0) is 0 Å². The van der Waals surface area contributed by atoms with Crippen molar-refractivity contribution in [2.75, 3.05) is 20.1 Å². The fourth-order valence-electron chi connectivity index (χ4n) is 0.253. The van der Waals surface area contributed by atoms with Crippen LogP contribution < -0.4 is 0 Å². The van der Waals surface area contributed by atoms with Crippen LogP contribution in [0.2, 0.25) is 0 Å². The number of ether oxygens (including phenoxy) is 1. The number of hydrogen-bond donors (Lipinski definition) is 1. The Balaban J connectivity index is 0. The minimum atomic E-state index is -4.41. The second-order valence-electron chi connectivity index (χ2n) is 1.27. The molecule has 0 aromatic heterocycles. The molecule has 0 spiro atoms. The van der Waals surface area contributed by atoms with E-state index in [-0.39, 0.29) is 32.1 Å². The number of hydrogen-bond acceptors (Lipinski definition) is 4. The van der Waals surface area contributed by atoms with E-state index in [2.05, 4.69) is 8.92 Å². The molecule has 0 bridgehead atoms. The van der Waals surface area contributed by atoms with Crippen molar-refractivity contribution in [3.8, 4) is 0 Å². The molecule has 0 fully saturated rings. The topological polar surface area (TPSA) is 72.8 Å². The predicted molar refractivity (Wildman–Crippen MR) is 36.6 cm³/mol. The van der Waals surface area contributed by atoms with Crippen molar-refractivity contribution in [2.45, 2.75) is 0 Å². The third-order valence-corrected chi connectivity index (χ3v) is 1.00. The van der Waals surface area contributed by atoms with E-state index >= 15 is 0 Å². The van der Waals surface area contributed by atoms with Crippen molar-refractivity contribution >= 4 is 29.3 Å². The van der Waals surface area contributed by atoms with E-state index in [1.165, 1.54) is 0 Å². The summed E-state index contributed by atoms with van der Waals surface area (Å²) in [6.07, 6.45) is 0. The fraction of sp³-hybridized carbons (Fsp3) is 1.00. The van der Waals surface area contributed by atoms with Crippen molar-refractivity contribution in [3.05, 3.63) is 0 Å². The Labute approximate surface area is 76.0 Å². The molecule has 64 valence electrons. The normalized spacial score (nSPS) is 10.7. The third kappa shape index (κ3) is 13.4. The van der Waals surface area contributed by atoms with Gasteiger partial charge < -0.3 is 4.74 Å². The van der Waals surface area contributed by atoms with Crippen LogP contribution in [-0.4, -0.2) is 51.9 Å². The Morgan fingerprint density at radius 2 is 1.91 bits per heavy atom. The average Bonchev–Trinajstić information content (AvgIpc) is 1.78. The molecule has 0 heterocycles. The van der Waals surface area contributed by atoms with Gasteiger partial charge in [-0.3, -0.25) is 4.55 Å². The molecule has 0 aliphatic rings. The van der Waals surface area contributed by atoms with E-state index in [1.807, 2.05) is 0 Å². The van der Waals surface area contributed by atoms with Gasteiger partial charge in [0.1, 0.15) is 0 Å². The van der Waals surface area contributed by atoms with Gasteiger partial charge in [0, 0.05) is 0 Å². The van der Waals surface area contributed by atoms with Crippen LogP contribution in [0.1, 0.15) is 0 Å². The molecule has 0 aromatic rings. The van der Waals surface area contributed by atoms with Crippen molar-refractivity contribution in [3.63, 3.8) is 0 Å². The van der Waals surface area contributed by atoms with Crippen LogP contribution in [0.4, 0.5) is 4.39 Å². The molecule has 0 atom stereocenters. The van der Waals surface area contributed by atoms with Crippen LogP contribution in [0.3, 0.4) is 0 Å². The molecule has 0 saturated heterocycles. The van der Waals surface area contributed by atoms with E-state index in [0.29, 0.717) is 0 Å². The monoisotopic (exact) mass is 182 g/mol. The molecule has 0 saturated carbocycles. The Morgan fingerprint density at radius 1 is 1.36 bits per heavy atom. The molecule has 0 rings (SSSR count). The molecule has 1 N–H and O–H groups in total. The molecule has 0 amide bonds. The molecule has 0 unspecified atom stereocenters. The molecule has 0 aromatic carbocycles. The van der Waals surface area contributed by atoms with Crippen molar-refractivity contribution in [2.24, 2.45) is 0 Å². The van der Waals surface area contributed by atoms with Crippen molar-refractivity contribution in [1.29, 1.82) is 0 Å². The van der Waals surface area contributed by atoms with Gasteiger partial charge in [-0.2, -0.15) is 8.42 Å². The second-order valence-corrected chi connectivity index (χ2v) is 2.36. The van der Waals surface area contributed by atoms with Crippen LogP contribution in [0.25, 0.3) is 0 Å². The summed E-state index contributed by atoms with van der Waals surface area (Å²) in [5, 5.41) is 0. The summed E-state index contributed by atoms with van der Waals surface area (Å²) in [5.74, 6) is 0. The number of rotatable bonds is 5. The standard InChI is InChI=1S/C3H7FO5S.Li.H/c4-3-8-1-2-9-10(5,6)7;;/h1-3H2,(H,5,6,7);;. The van der Waals surface area contributed by atoms with Crippen LogP contribution in [0.15, 0.2) is 0 Å². The van der Waals surface area contributed by atoms with Gasteiger partial charge in [-0.1, -0.05) is 0 Å². The van der Waals surface area contributed by atoms with Crippen LogP contribution in [0, 0.1) is 0 Å². The SMILES string of the molecule is O=S(=O)(O)OCCOCF.[LiH]. The van der Waals surface area contributed by atoms with Gasteiger partial charge in [0.2, 0.25) is 0 Å². The second kappa shape index (κ2) is 7.03. The molecule has 11 heavy (non-hydrogen) atoms. The van der Waals surface area contributed by atoms with Gasteiger partial charge in [0.05, 0.1) is 13.2 Å². The minimum absolute atomic E-state index is 0. The summed E-state index contributed by atoms with van der Waals surface area (Å²) in [7, 11) is -4.41. The summed E-state index contributed by atoms with van der Waals surface area (Å²) < 4.78 is 46.4. The molecule has 8 heteroatoms. The summed E-state index contributed by atoms with van der Waals surface area (Å²) in [6, 6.07) is 0. The first kappa shape index (κ1) is 13.9. The van der Waals surface area contributed by atoms with E-state index in [1.54, 1.807) is 0 Å². The fourth-order valence-corrected chi connectivity index (χ4v) is 0.531. The molecular weight excluding hydrogens is 174 g/mol. The number of alkyl halides is 1. The zero-order valence-electron chi connectivity index (χ0n) is 4.99. The first-order valence-corrected chi connectivity index (χ1v) is 3.68. The van der Waals surface area contributed by atoms with E-state index in [4.69, 9.17) is 4.55 Å². The molecule has 0 radical (unpaired) electrons. The van der Waals surface area contributed by atoms with E-state index in [9.17, 15) is 12.8 Å². The van der Waals surface area contributed by atoms with Gasteiger partial charge in [0.15, 0.2) is 6.86 Å². The average molecular weight is 182 g/mol. The van der Waals surface area contributed by atoms with Crippen molar-refractivity contribution < 1.29 is 26.3 Å². The zero-order valence-corrected chi connectivity index (χ0v) is 5.80. The molecule has 0 aliphatic heterocycles. The Kier molecular flexibility index (Phi) is 8.89. The van der Waals surface area contributed by atoms with Crippen LogP contribution in [0.5, 0.6) is 0 Å². The van der Waals surface area contributed by atoms with Gasteiger partial charge in [-0.25, -0.2) is 8.57 Å². The summed E-state index contributed by atoms with van der Waals surface area (Å²) >= 11 is 0. The summed E-state index contributed by atoms with van der Waals surface area (Å²) in [5.41, 5.74) is 0. The van der Waals surface area contributed by atoms with Gasteiger partial charge in [0.25, 0.3) is 0 Å². The molecule has 5 nitrogen and oxygen atoms in total. The maximum atomic E-state index is 11.1.